The van der Waals surface area contributed by atoms with Gasteiger partial charge in [0.05, 0.1) is 11.0 Å². The van der Waals surface area contributed by atoms with Crippen molar-refractivity contribution in [2.24, 2.45) is 5.41 Å². The smallest absolute Gasteiger partial charge is 0.255 e. The summed E-state index contributed by atoms with van der Waals surface area (Å²) in [6.45, 7) is 2.92. The number of nitrogens with one attached hydrogen (secondary N) is 1. The molecule has 0 spiro atoms. The fourth-order valence-corrected chi connectivity index (χ4v) is 3.32. The molecule has 1 aromatic rings. The third kappa shape index (κ3) is 2.86. The van der Waals surface area contributed by atoms with Crippen molar-refractivity contribution in [3.8, 4) is 0 Å². The fourth-order valence-electron chi connectivity index (χ4n) is 2.48. The van der Waals surface area contributed by atoms with Crippen molar-refractivity contribution in [3.63, 3.8) is 0 Å². The average molecular weight is 357 g/mol. The van der Waals surface area contributed by atoms with E-state index in [9.17, 15) is 9.59 Å². The molecule has 1 aliphatic rings. The summed E-state index contributed by atoms with van der Waals surface area (Å²) in [6, 6.07) is 5.37. The number of rotatable bonds is 2. The Labute approximate surface area is 132 Å². The van der Waals surface area contributed by atoms with E-state index in [0.717, 1.165) is 4.47 Å². The number of thiol groups is 1. The van der Waals surface area contributed by atoms with Gasteiger partial charge in [-0.25, -0.2) is 0 Å². The highest BCUT2D eigenvalue weighted by Gasteiger charge is 2.41. The van der Waals surface area contributed by atoms with Crippen LogP contribution in [0.15, 0.2) is 27.6 Å². The van der Waals surface area contributed by atoms with E-state index in [1.54, 1.807) is 24.1 Å². The molecule has 20 heavy (non-hydrogen) atoms. The van der Waals surface area contributed by atoms with Gasteiger partial charge in [0.15, 0.2) is 0 Å². The molecule has 0 saturated carbocycles. The van der Waals surface area contributed by atoms with Gasteiger partial charge in [-0.2, -0.15) is 0 Å². The largest absolute Gasteiger partial charge is 0.359 e. The summed E-state index contributed by atoms with van der Waals surface area (Å²) in [5, 5.41) is 2.67. The van der Waals surface area contributed by atoms with Crippen LogP contribution in [0.2, 0.25) is 0 Å². The van der Waals surface area contributed by atoms with Gasteiger partial charge in [-0.3, -0.25) is 9.59 Å². The molecule has 1 aliphatic heterocycles. The monoisotopic (exact) mass is 356 g/mol. The van der Waals surface area contributed by atoms with Crippen LogP contribution in [-0.2, 0) is 4.79 Å². The van der Waals surface area contributed by atoms with Crippen molar-refractivity contribution in [1.82, 2.24) is 10.2 Å². The Hall–Kier alpha value is -1.01. The molecule has 0 aromatic heterocycles. The van der Waals surface area contributed by atoms with E-state index >= 15 is 0 Å². The molecule has 1 saturated heterocycles. The van der Waals surface area contributed by atoms with E-state index in [4.69, 9.17) is 0 Å². The number of hydrogen-bond acceptors (Lipinski definition) is 3. The van der Waals surface area contributed by atoms with Crippen molar-refractivity contribution in [2.75, 3.05) is 20.1 Å². The maximum atomic E-state index is 12.5. The first kappa shape index (κ1) is 15.4. The second-order valence-electron chi connectivity index (χ2n) is 5.28. The van der Waals surface area contributed by atoms with E-state index in [1.165, 1.54) is 0 Å². The maximum Gasteiger partial charge on any atom is 0.255 e. The first-order chi connectivity index (χ1) is 9.37. The standard InChI is InChI=1S/C14H17BrN2O2S/c1-14(13(19)16-2)5-6-17(8-14)12(18)10-4-3-9(15)7-11(10)20/h3-4,7,20H,5-6,8H2,1-2H3,(H,16,19). The van der Waals surface area contributed by atoms with Crippen LogP contribution in [0.5, 0.6) is 0 Å². The lowest BCUT2D eigenvalue weighted by molar-refractivity contribution is -0.128. The van der Waals surface area contributed by atoms with Crippen molar-refractivity contribution in [2.45, 2.75) is 18.2 Å². The van der Waals surface area contributed by atoms with Crippen molar-refractivity contribution < 1.29 is 9.59 Å². The molecule has 1 fully saturated rings. The lowest BCUT2D eigenvalue weighted by Gasteiger charge is -2.23. The van der Waals surface area contributed by atoms with Gasteiger partial charge in [-0.05, 0) is 31.5 Å². The SMILES string of the molecule is CNC(=O)C1(C)CCN(C(=O)c2ccc(Br)cc2S)C1. The summed E-state index contributed by atoms with van der Waals surface area (Å²) < 4.78 is 0.885. The van der Waals surface area contributed by atoms with E-state index in [1.807, 2.05) is 13.0 Å². The Morgan fingerprint density at radius 1 is 1.45 bits per heavy atom. The number of halogens is 1. The van der Waals surface area contributed by atoms with Crippen LogP contribution in [0, 0.1) is 5.41 Å². The Kier molecular flexibility index (Phi) is 4.44. The van der Waals surface area contributed by atoms with Gasteiger partial charge in [0.2, 0.25) is 5.91 Å². The first-order valence-electron chi connectivity index (χ1n) is 6.37. The molecule has 2 amide bonds. The van der Waals surface area contributed by atoms with E-state index in [-0.39, 0.29) is 11.8 Å². The van der Waals surface area contributed by atoms with Crippen LogP contribution >= 0.6 is 28.6 Å². The number of carbonyl (C=O) groups excluding carboxylic acids is 2. The summed E-state index contributed by atoms with van der Waals surface area (Å²) >= 11 is 7.69. The molecule has 6 heteroatoms. The number of likely N-dealkylation sites (tertiary alicyclic amines) is 1. The highest BCUT2D eigenvalue weighted by molar-refractivity contribution is 9.10. The molecule has 0 radical (unpaired) electrons. The normalized spacial score (nSPS) is 21.9. The minimum absolute atomic E-state index is 0.0188. The Morgan fingerprint density at radius 2 is 2.15 bits per heavy atom. The van der Waals surface area contributed by atoms with Crippen LogP contribution in [-0.4, -0.2) is 36.9 Å². The number of amides is 2. The van der Waals surface area contributed by atoms with Gasteiger partial charge in [-0.1, -0.05) is 15.9 Å². The zero-order chi connectivity index (χ0) is 14.9. The van der Waals surface area contributed by atoms with Crippen molar-refractivity contribution in [1.29, 1.82) is 0 Å². The Balaban J connectivity index is 2.18. The van der Waals surface area contributed by atoms with Crippen LogP contribution in [0.4, 0.5) is 0 Å². The number of carbonyl (C=O) groups is 2. The summed E-state index contributed by atoms with van der Waals surface area (Å²) in [5.74, 6) is -0.0927. The van der Waals surface area contributed by atoms with Gasteiger partial charge < -0.3 is 10.2 Å². The number of nitrogens with zero attached hydrogens (tertiary/aromatic N) is 1. The first-order valence-corrected chi connectivity index (χ1v) is 7.61. The van der Waals surface area contributed by atoms with Gasteiger partial charge in [0.1, 0.15) is 0 Å². The number of hydrogen-bond donors (Lipinski definition) is 2. The molecule has 1 N–H and O–H groups in total. The number of benzene rings is 1. The van der Waals surface area contributed by atoms with Gasteiger partial charge in [0, 0.05) is 29.5 Å². The lowest BCUT2D eigenvalue weighted by Crippen LogP contribution is -2.40. The molecular weight excluding hydrogens is 340 g/mol. The molecule has 1 atom stereocenters. The van der Waals surface area contributed by atoms with Crippen molar-refractivity contribution >= 4 is 40.4 Å². The third-order valence-corrected chi connectivity index (χ3v) is 4.59. The molecule has 2 rings (SSSR count). The topological polar surface area (TPSA) is 49.4 Å². The minimum atomic E-state index is -0.503. The quantitative estimate of drug-likeness (QED) is 0.799. The summed E-state index contributed by atoms with van der Waals surface area (Å²) in [6.07, 6.45) is 0.677. The zero-order valence-corrected chi connectivity index (χ0v) is 13.9. The van der Waals surface area contributed by atoms with E-state index in [2.05, 4.69) is 33.9 Å². The van der Waals surface area contributed by atoms with Crippen LogP contribution in [0.25, 0.3) is 0 Å². The maximum absolute atomic E-state index is 12.5. The third-order valence-electron chi connectivity index (χ3n) is 3.73. The highest BCUT2D eigenvalue weighted by Crippen LogP contribution is 2.32. The van der Waals surface area contributed by atoms with Gasteiger partial charge >= 0.3 is 0 Å². The highest BCUT2D eigenvalue weighted by atomic mass is 79.9. The van der Waals surface area contributed by atoms with E-state index < -0.39 is 5.41 Å². The lowest BCUT2D eigenvalue weighted by atomic mass is 9.89. The second kappa shape index (κ2) is 5.77. The molecule has 1 aromatic carbocycles. The van der Waals surface area contributed by atoms with Crippen molar-refractivity contribution in [3.05, 3.63) is 28.2 Å². The zero-order valence-electron chi connectivity index (χ0n) is 11.4. The van der Waals surface area contributed by atoms with Crippen LogP contribution < -0.4 is 5.32 Å². The van der Waals surface area contributed by atoms with Gasteiger partial charge in [0.25, 0.3) is 5.91 Å². The predicted molar refractivity (Wildman–Crippen MR) is 84.1 cm³/mol. The van der Waals surface area contributed by atoms with Gasteiger partial charge in [-0.15, -0.1) is 12.6 Å². The predicted octanol–water partition coefficient (Wildman–Crippen LogP) is 2.34. The summed E-state index contributed by atoms with van der Waals surface area (Å²) in [5.41, 5.74) is 0.0639. The Bertz CT molecular complexity index is 564. The molecule has 1 unspecified atom stereocenters. The molecule has 108 valence electrons. The van der Waals surface area contributed by atoms with Crippen LogP contribution in [0.3, 0.4) is 0 Å². The summed E-state index contributed by atoms with van der Waals surface area (Å²) in [7, 11) is 1.62. The Morgan fingerprint density at radius 3 is 2.75 bits per heavy atom. The second-order valence-corrected chi connectivity index (χ2v) is 6.68. The molecule has 0 bridgehead atoms. The average Bonchev–Trinajstić information content (AvgIpc) is 2.81. The van der Waals surface area contributed by atoms with E-state index in [0.29, 0.717) is 30.0 Å². The van der Waals surface area contributed by atoms with Crippen LogP contribution in [0.1, 0.15) is 23.7 Å². The molecule has 4 nitrogen and oxygen atoms in total. The minimum Gasteiger partial charge on any atom is -0.359 e. The summed E-state index contributed by atoms with van der Waals surface area (Å²) in [4.78, 5) is 26.7. The molecule has 0 aliphatic carbocycles. The fraction of sp³-hybridized carbons (Fsp3) is 0.429. The molecule has 1 heterocycles. The molecular formula is C14H17BrN2O2S.